The fourth-order valence-electron chi connectivity index (χ4n) is 2.94. The number of benzene rings is 2. The van der Waals surface area contributed by atoms with E-state index in [2.05, 4.69) is 5.32 Å². The highest BCUT2D eigenvalue weighted by atomic mass is 16.5. The number of hydroxylamine groups is 1. The van der Waals surface area contributed by atoms with Crippen LogP contribution in [-0.2, 0) is 11.3 Å². The van der Waals surface area contributed by atoms with Gasteiger partial charge in [0.15, 0.2) is 0 Å². The monoisotopic (exact) mass is 399 g/mol. The molecule has 0 aromatic heterocycles. The maximum absolute atomic E-state index is 12.8. The Bertz CT molecular complexity index is 750. The number of urea groups is 1. The first-order valence-electron chi connectivity index (χ1n) is 9.80. The van der Waals surface area contributed by atoms with E-state index in [4.69, 9.17) is 9.94 Å². The number of nitrogens with one attached hydrogen (secondary N) is 2. The predicted molar refractivity (Wildman–Crippen MR) is 112 cm³/mol. The molecule has 0 aliphatic rings. The highest BCUT2D eigenvalue weighted by Crippen LogP contribution is 2.20. The number of hydrogen-bond donors (Lipinski definition) is 3. The lowest BCUT2D eigenvalue weighted by Gasteiger charge is -2.23. The van der Waals surface area contributed by atoms with Crippen molar-refractivity contribution in [2.45, 2.75) is 38.6 Å². The molecule has 0 spiro atoms. The van der Waals surface area contributed by atoms with Crippen LogP contribution >= 0.6 is 0 Å². The molecular weight excluding hydrogens is 370 g/mol. The van der Waals surface area contributed by atoms with E-state index in [1.807, 2.05) is 54.6 Å². The largest absolute Gasteiger partial charge is 0.497 e. The number of anilines is 1. The lowest BCUT2D eigenvalue weighted by molar-refractivity contribution is -0.129. The summed E-state index contributed by atoms with van der Waals surface area (Å²) in [5, 5.41) is 11.5. The van der Waals surface area contributed by atoms with E-state index >= 15 is 0 Å². The summed E-state index contributed by atoms with van der Waals surface area (Å²) in [7, 11) is 1.61. The molecule has 2 rings (SSSR count). The fraction of sp³-hybridized carbons (Fsp3) is 0.364. The van der Waals surface area contributed by atoms with Crippen LogP contribution in [0.5, 0.6) is 5.75 Å². The second-order valence-electron chi connectivity index (χ2n) is 6.69. The third kappa shape index (κ3) is 7.83. The van der Waals surface area contributed by atoms with Crippen molar-refractivity contribution in [1.82, 2.24) is 10.8 Å². The molecule has 0 unspecified atom stereocenters. The molecule has 0 fully saturated rings. The van der Waals surface area contributed by atoms with Crippen molar-refractivity contribution in [2.75, 3.05) is 18.6 Å². The van der Waals surface area contributed by atoms with Crippen LogP contribution in [0, 0.1) is 0 Å². The van der Waals surface area contributed by atoms with Gasteiger partial charge in [-0.15, -0.1) is 0 Å². The first kappa shape index (κ1) is 22.2. The number of carbonyl (C=O) groups is 2. The highest BCUT2D eigenvalue weighted by molar-refractivity contribution is 5.92. The average Bonchev–Trinajstić information content (AvgIpc) is 2.77. The van der Waals surface area contributed by atoms with Gasteiger partial charge in [0.05, 0.1) is 7.11 Å². The number of ether oxygens (including phenoxy) is 1. The van der Waals surface area contributed by atoms with Crippen LogP contribution in [0.3, 0.4) is 0 Å². The van der Waals surface area contributed by atoms with Crippen molar-refractivity contribution in [3.8, 4) is 5.75 Å². The van der Waals surface area contributed by atoms with Crippen molar-refractivity contribution in [3.05, 3.63) is 60.2 Å². The van der Waals surface area contributed by atoms with Crippen molar-refractivity contribution in [3.63, 3.8) is 0 Å². The lowest BCUT2D eigenvalue weighted by atomic mass is 10.1. The Morgan fingerprint density at radius 3 is 2.31 bits per heavy atom. The Kier molecular flexibility index (Phi) is 9.51. The minimum atomic E-state index is -0.370. The van der Waals surface area contributed by atoms with Crippen LogP contribution in [0.15, 0.2) is 54.6 Å². The number of rotatable bonds is 11. The first-order valence-corrected chi connectivity index (χ1v) is 9.80. The highest BCUT2D eigenvalue weighted by Gasteiger charge is 2.15. The Morgan fingerprint density at radius 2 is 1.66 bits per heavy atom. The van der Waals surface area contributed by atoms with E-state index < -0.39 is 0 Å². The van der Waals surface area contributed by atoms with Crippen LogP contribution in [0.25, 0.3) is 0 Å². The van der Waals surface area contributed by atoms with Crippen LogP contribution in [0.4, 0.5) is 10.5 Å². The Balaban J connectivity index is 1.91. The van der Waals surface area contributed by atoms with Gasteiger partial charge in [0.25, 0.3) is 0 Å². The molecule has 7 heteroatoms. The molecule has 0 atom stereocenters. The van der Waals surface area contributed by atoms with Crippen LogP contribution in [0.1, 0.15) is 37.7 Å². The molecule has 0 radical (unpaired) electrons. The quantitative estimate of drug-likeness (QED) is 0.304. The molecule has 3 amide bonds. The van der Waals surface area contributed by atoms with Crippen LogP contribution in [-0.4, -0.2) is 30.8 Å². The van der Waals surface area contributed by atoms with Gasteiger partial charge in [-0.25, -0.2) is 10.3 Å². The van der Waals surface area contributed by atoms with Gasteiger partial charge in [-0.2, -0.15) is 0 Å². The van der Waals surface area contributed by atoms with Gasteiger partial charge < -0.3 is 10.1 Å². The number of carbonyl (C=O) groups excluding carboxylic acids is 2. The maximum atomic E-state index is 12.8. The fourth-order valence-corrected chi connectivity index (χ4v) is 2.94. The number of unbranched alkanes of at least 4 members (excludes halogenated alkanes) is 3. The molecule has 7 nitrogen and oxygen atoms in total. The van der Waals surface area contributed by atoms with Crippen LogP contribution in [0.2, 0.25) is 0 Å². The minimum absolute atomic E-state index is 0.154. The zero-order valence-corrected chi connectivity index (χ0v) is 16.8. The third-order valence-electron chi connectivity index (χ3n) is 4.58. The number of hydrogen-bond acceptors (Lipinski definition) is 4. The summed E-state index contributed by atoms with van der Waals surface area (Å²) in [6.07, 6.45) is 3.56. The molecule has 0 saturated heterocycles. The zero-order valence-electron chi connectivity index (χ0n) is 16.8. The topological polar surface area (TPSA) is 90.9 Å². The van der Waals surface area contributed by atoms with E-state index in [-0.39, 0.29) is 11.9 Å². The normalized spacial score (nSPS) is 10.3. The second kappa shape index (κ2) is 12.4. The van der Waals surface area contributed by atoms with Crippen LogP contribution < -0.4 is 20.4 Å². The zero-order chi connectivity index (χ0) is 20.9. The lowest BCUT2D eigenvalue weighted by Crippen LogP contribution is -2.40. The summed E-state index contributed by atoms with van der Waals surface area (Å²) >= 11 is 0. The van der Waals surface area contributed by atoms with E-state index in [9.17, 15) is 9.59 Å². The number of amides is 3. The van der Waals surface area contributed by atoms with Gasteiger partial charge in [-0.3, -0.25) is 14.9 Å². The predicted octanol–water partition coefficient (Wildman–Crippen LogP) is 3.87. The molecule has 2 aromatic carbocycles. The summed E-state index contributed by atoms with van der Waals surface area (Å²) < 4.78 is 5.20. The van der Waals surface area contributed by atoms with Crippen molar-refractivity contribution < 1.29 is 19.5 Å². The molecule has 0 saturated carbocycles. The first-order chi connectivity index (χ1) is 14.1. The van der Waals surface area contributed by atoms with Crippen molar-refractivity contribution in [1.29, 1.82) is 0 Å². The van der Waals surface area contributed by atoms with E-state index in [0.29, 0.717) is 25.9 Å². The van der Waals surface area contributed by atoms with Crippen molar-refractivity contribution >= 4 is 17.6 Å². The maximum Gasteiger partial charge on any atom is 0.322 e. The average molecular weight is 399 g/mol. The summed E-state index contributed by atoms with van der Waals surface area (Å²) in [4.78, 5) is 25.6. The molecule has 0 aliphatic carbocycles. The van der Waals surface area contributed by atoms with Gasteiger partial charge in [0.2, 0.25) is 5.91 Å². The summed E-state index contributed by atoms with van der Waals surface area (Å²) in [5.41, 5.74) is 3.48. The molecule has 0 bridgehead atoms. The Labute approximate surface area is 171 Å². The van der Waals surface area contributed by atoms with Gasteiger partial charge in [-0.05, 0) is 42.7 Å². The van der Waals surface area contributed by atoms with E-state index in [1.165, 1.54) is 0 Å². The summed E-state index contributed by atoms with van der Waals surface area (Å²) in [6.45, 7) is 1.03. The summed E-state index contributed by atoms with van der Waals surface area (Å²) in [6, 6.07) is 17.0. The SMILES string of the molecule is COc1ccc(N(CCCCCCC(=O)NO)C(=O)NCc2ccccc2)cc1. The number of nitrogens with zero attached hydrogens (tertiary/aromatic N) is 1. The Hall–Kier alpha value is -3.06. The van der Waals surface area contributed by atoms with Gasteiger partial charge in [0, 0.05) is 25.2 Å². The molecule has 2 aromatic rings. The smallest absolute Gasteiger partial charge is 0.322 e. The minimum Gasteiger partial charge on any atom is -0.497 e. The van der Waals surface area contributed by atoms with Gasteiger partial charge in [0.1, 0.15) is 5.75 Å². The third-order valence-corrected chi connectivity index (χ3v) is 4.58. The summed E-state index contributed by atoms with van der Waals surface area (Å²) in [5.74, 6) is 0.366. The number of methoxy groups -OCH3 is 1. The van der Waals surface area contributed by atoms with Crippen molar-refractivity contribution in [2.24, 2.45) is 0 Å². The van der Waals surface area contributed by atoms with Gasteiger partial charge in [-0.1, -0.05) is 43.2 Å². The Morgan fingerprint density at radius 1 is 0.966 bits per heavy atom. The standard InChI is InChI=1S/C22H29N3O4/c1-29-20-14-12-19(13-15-20)25(16-8-3-2-7-11-21(26)24-28)22(27)23-17-18-9-5-4-6-10-18/h4-6,9-10,12-15,28H,2-3,7-8,11,16-17H2,1H3,(H,23,27)(H,24,26). The molecule has 0 aliphatic heterocycles. The van der Waals surface area contributed by atoms with Gasteiger partial charge >= 0.3 is 6.03 Å². The molecule has 0 heterocycles. The molecule has 3 N–H and O–H groups in total. The van der Waals surface area contributed by atoms with E-state index in [1.54, 1.807) is 17.5 Å². The molecular formula is C22H29N3O4. The second-order valence-corrected chi connectivity index (χ2v) is 6.69. The molecule has 156 valence electrons. The van der Waals surface area contributed by atoms with E-state index in [0.717, 1.165) is 36.3 Å². The molecule has 29 heavy (non-hydrogen) atoms.